The van der Waals surface area contributed by atoms with Crippen molar-refractivity contribution in [1.29, 1.82) is 0 Å². The van der Waals surface area contributed by atoms with Crippen LogP contribution in [0.1, 0.15) is 25.0 Å². The lowest BCUT2D eigenvalue weighted by Crippen LogP contribution is -2.43. The number of aliphatic imine (C=N–C) groups is 1. The second-order valence-electron chi connectivity index (χ2n) is 6.03. The summed E-state index contributed by atoms with van der Waals surface area (Å²) in [6.07, 6.45) is 2.09. The molecule has 0 spiro atoms. The molecule has 0 saturated carbocycles. The lowest BCUT2D eigenvalue weighted by Gasteiger charge is -2.23. The van der Waals surface area contributed by atoms with Crippen LogP contribution in [0.3, 0.4) is 0 Å². The standard InChI is InChI=1S/C16H28N4O2S2.HI/c1-16(2,23-5)12-20-15(17-3)19-10-13-7-6-8-14(9-13)11-24(21,22)18-4;/h6-9,18H,10-12H2,1-5H3,(H2,17,19,20);1H. The highest BCUT2D eigenvalue weighted by Crippen LogP contribution is 2.19. The molecule has 0 atom stereocenters. The fourth-order valence-corrected chi connectivity index (χ4v) is 2.88. The number of hydrogen-bond donors (Lipinski definition) is 3. The van der Waals surface area contributed by atoms with E-state index in [9.17, 15) is 8.42 Å². The first-order valence-electron chi connectivity index (χ1n) is 7.70. The van der Waals surface area contributed by atoms with Crippen LogP contribution in [0.2, 0.25) is 0 Å². The molecule has 1 rings (SSSR count). The largest absolute Gasteiger partial charge is 0.355 e. The quantitative estimate of drug-likeness (QED) is 0.290. The van der Waals surface area contributed by atoms with E-state index in [4.69, 9.17) is 0 Å². The van der Waals surface area contributed by atoms with Crippen LogP contribution in [-0.4, -0.2) is 46.0 Å². The summed E-state index contributed by atoms with van der Waals surface area (Å²) < 4.78 is 25.7. The summed E-state index contributed by atoms with van der Waals surface area (Å²) in [4.78, 5) is 4.21. The highest BCUT2D eigenvalue weighted by atomic mass is 127. The van der Waals surface area contributed by atoms with Crippen LogP contribution in [-0.2, 0) is 22.3 Å². The number of thioether (sulfide) groups is 1. The van der Waals surface area contributed by atoms with Gasteiger partial charge in [0.1, 0.15) is 0 Å². The number of halogens is 1. The van der Waals surface area contributed by atoms with E-state index in [1.807, 2.05) is 24.3 Å². The number of nitrogens with zero attached hydrogens (tertiary/aromatic N) is 1. The molecule has 1 aromatic carbocycles. The van der Waals surface area contributed by atoms with Gasteiger partial charge in [-0.3, -0.25) is 4.99 Å². The van der Waals surface area contributed by atoms with Crippen LogP contribution in [0.15, 0.2) is 29.3 Å². The van der Waals surface area contributed by atoms with E-state index in [1.165, 1.54) is 7.05 Å². The predicted molar refractivity (Wildman–Crippen MR) is 119 cm³/mol. The lowest BCUT2D eigenvalue weighted by atomic mass is 10.1. The van der Waals surface area contributed by atoms with Gasteiger partial charge in [-0.15, -0.1) is 24.0 Å². The van der Waals surface area contributed by atoms with Gasteiger partial charge in [0.2, 0.25) is 10.0 Å². The molecule has 0 aliphatic carbocycles. The Morgan fingerprint density at radius 1 is 1.24 bits per heavy atom. The van der Waals surface area contributed by atoms with Crippen LogP contribution < -0.4 is 15.4 Å². The minimum Gasteiger partial charge on any atom is -0.355 e. The van der Waals surface area contributed by atoms with Crippen LogP contribution in [0.4, 0.5) is 0 Å². The first kappa shape index (κ1) is 24.5. The van der Waals surface area contributed by atoms with Gasteiger partial charge in [-0.1, -0.05) is 24.3 Å². The van der Waals surface area contributed by atoms with Crippen LogP contribution in [0.25, 0.3) is 0 Å². The van der Waals surface area contributed by atoms with Gasteiger partial charge in [0.25, 0.3) is 0 Å². The Balaban J connectivity index is 0.00000576. The number of nitrogens with one attached hydrogen (secondary N) is 3. The number of guanidine groups is 1. The van der Waals surface area contributed by atoms with Crippen molar-refractivity contribution in [3.63, 3.8) is 0 Å². The van der Waals surface area contributed by atoms with Gasteiger partial charge in [0.15, 0.2) is 5.96 Å². The van der Waals surface area contributed by atoms with E-state index < -0.39 is 10.0 Å². The molecule has 0 saturated heterocycles. The summed E-state index contributed by atoms with van der Waals surface area (Å²) in [5, 5.41) is 6.56. The van der Waals surface area contributed by atoms with E-state index in [-0.39, 0.29) is 34.5 Å². The maximum Gasteiger partial charge on any atom is 0.215 e. The zero-order chi connectivity index (χ0) is 18.2. The molecular weight excluding hydrogens is 471 g/mol. The number of sulfonamides is 1. The third-order valence-corrected chi connectivity index (χ3v) is 6.16. The average molecular weight is 500 g/mol. The van der Waals surface area contributed by atoms with Crippen molar-refractivity contribution < 1.29 is 8.42 Å². The number of hydrogen-bond acceptors (Lipinski definition) is 4. The molecule has 25 heavy (non-hydrogen) atoms. The smallest absolute Gasteiger partial charge is 0.215 e. The Kier molecular flexibility index (Phi) is 11.0. The first-order chi connectivity index (χ1) is 11.2. The summed E-state index contributed by atoms with van der Waals surface area (Å²) in [5.41, 5.74) is 1.76. The minimum absolute atomic E-state index is 0. The maximum absolute atomic E-state index is 11.6. The normalized spacial score (nSPS) is 12.4. The highest BCUT2D eigenvalue weighted by Gasteiger charge is 2.16. The molecule has 0 heterocycles. The highest BCUT2D eigenvalue weighted by molar-refractivity contribution is 14.0. The van der Waals surface area contributed by atoms with Crippen molar-refractivity contribution >= 4 is 51.7 Å². The van der Waals surface area contributed by atoms with Crippen molar-refractivity contribution in [1.82, 2.24) is 15.4 Å². The van der Waals surface area contributed by atoms with E-state index in [0.29, 0.717) is 6.54 Å². The molecule has 1 aromatic rings. The first-order valence-corrected chi connectivity index (χ1v) is 10.6. The summed E-state index contributed by atoms with van der Waals surface area (Å²) in [6, 6.07) is 7.53. The van der Waals surface area contributed by atoms with Gasteiger partial charge in [-0.05, 0) is 38.3 Å². The third kappa shape index (κ3) is 9.66. The van der Waals surface area contributed by atoms with Gasteiger partial charge in [0.05, 0.1) is 5.75 Å². The summed E-state index contributed by atoms with van der Waals surface area (Å²) in [6.45, 7) is 5.72. The molecular formula is C16H29IN4O2S2. The fourth-order valence-electron chi connectivity index (χ4n) is 1.90. The summed E-state index contributed by atoms with van der Waals surface area (Å²) in [7, 11) is -0.105. The van der Waals surface area contributed by atoms with Gasteiger partial charge in [-0.25, -0.2) is 13.1 Å². The number of rotatable bonds is 8. The molecule has 144 valence electrons. The monoisotopic (exact) mass is 500 g/mol. The van der Waals surface area contributed by atoms with Crippen molar-refractivity contribution in [3.8, 4) is 0 Å². The predicted octanol–water partition coefficient (Wildman–Crippen LogP) is 2.16. The van der Waals surface area contributed by atoms with Gasteiger partial charge < -0.3 is 10.6 Å². The Morgan fingerprint density at radius 2 is 1.88 bits per heavy atom. The molecule has 0 fully saturated rings. The van der Waals surface area contributed by atoms with Gasteiger partial charge in [0, 0.05) is 24.9 Å². The minimum atomic E-state index is -3.26. The Morgan fingerprint density at radius 3 is 2.44 bits per heavy atom. The summed E-state index contributed by atoms with van der Waals surface area (Å²) in [5.74, 6) is 0.706. The van der Waals surface area contributed by atoms with Crippen molar-refractivity contribution in [2.24, 2.45) is 4.99 Å². The van der Waals surface area contributed by atoms with E-state index in [0.717, 1.165) is 23.6 Å². The zero-order valence-electron chi connectivity index (χ0n) is 15.4. The Labute approximate surface area is 173 Å². The molecule has 0 unspecified atom stereocenters. The van der Waals surface area contributed by atoms with Crippen LogP contribution in [0.5, 0.6) is 0 Å². The van der Waals surface area contributed by atoms with Crippen molar-refractivity contribution in [2.75, 3.05) is 26.9 Å². The molecule has 0 radical (unpaired) electrons. The molecule has 3 N–H and O–H groups in total. The molecule has 0 aliphatic heterocycles. The van der Waals surface area contributed by atoms with E-state index in [2.05, 4.69) is 40.5 Å². The van der Waals surface area contributed by atoms with E-state index in [1.54, 1.807) is 18.8 Å². The van der Waals surface area contributed by atoms with Crippen molar-refractivity contribution in [3.05, 3.63) is 35.4 Å². The second-order valence-corrected chi connectivity index (χ2v) is 9.47. The SMILES string of the molecule is CN=C(NCc1cccc(CS(=O)(=O)NC)c1)NCC(C)(C)SC.I. The lowest BCUT2D eigenvalue weighted by molar-refractivity contribution is 0.587. The molecule has 6 nitrogen and oxygen atoms in total. The average Bonchev–Trinajstić information content (AvgIpc) is 2.55. The Hall–Kier alpha value is -0.520. The van der Waals surface area contributed by atoms with Gasteiger partial charge in [-0.2, -0.15) is 11.8 Å². The van der Waals surface area contributed by atoms with Gasteiger partial charge >= 0.3 is 0 Å². The molecule has 0 aromatic heterocycles. The molecule has 0 bridgehead atoms. The third-order valence-electron chi connectivity index (χ3n) is 3.58. The van der Waals surface area contributed by atoms with Crippen LogP contribution >= 0.6 is 35.7 Å². The van der Waals surface area contributed by atoms with E-state index >= 15 is 0 Å². The maximum atomic E-state index is 11.6. The molecule has 0 aliphatic rings. The second kappa shape index (κ2) is 11.2. The molecule has 0 amide bonds. The number of benzene rings is 1. The topological polar surface area (TPSA) is 82.6 Å². The zero-order valence-corrected chi connectivity index (χ0v) is 19.4. The fraction of sp³-hybridized carbons (Fsp3) is 0.562. The van der Waals surface area contributed by atoms with Crippen LogP contribution in [0, 0.1) is 0 Å². The Bertz CT molecular complexity index is 664. The summed E-state index contributed by atoms with van der Waals surface area (Å²) >= 11 is 1.80. The molecule has 9 heteroatoms. The van der Waals surface area contributed by atoms with Crippen molar-refractivity contribution in [2.45, 2.75) is 30.9 Å².